The van der Waals surface area contributed by atoms with Crippen molar-refractivity contribution in [2.75, 3.05) is 42.6 Å². The molecule has 0 atom stereocenters. The number of hydrogen-bond acceptors (Lipinski definition) is 5. The molecule has 1 N–H and O–H groups in total. The molecule has 4 rings (SSSR count). The SMILES string of the molecule is CCOC(=O)c1ccc(N2CCC(F)CC2)cc1.O=C(O)c1ccc(N2CCC(F)CC2)cc1. The molecule has 2 aliphatic rings. The van der Waals surface area contributed by atoms with Crippen molar-refractivity contribution in [2.45, 2.75) is 45.0 Å². The zero-order valence-electron chi connectivity index (χ0n) is 19.5. The second-order valence-electron chi connectivity index (χ2n) is 8.44. The van der Waals surface area contributed by atoms with Gasteiger partial charge in [0.1, 0.15) is 12.3 Å². The first kappa shape index (κ1) is 25.5. The van der Waals surface area contributed by atoms with Crippen LogP contribution in [0.2, 0.25) is 0 Å². The quantitative estimate of drug-likeness (QED) is 0.607. The fraction of sp³-hybridized carbons (Fsp3) is 0.462. The van der Waals surface area contributed by atoms with Crippen LogP contribution in [0.3, 0.4) is 0 Å². The lowest BCUT2D eigenvalue weighted by molar-refractivity contribution is 0.0526. The number of nitrogens with zero attached hydrogens (tertiary/aromatic N) is 2. The highest BCUT2D eigenvalue weighted by Gasteiger charge is 2.19. The Kier molecular flexibility index (Phi) is 9.24. The van der Waals surface area contributed by atoms with E-state index in [9.17, 15) is 18.4 Å². The average Bonchev–Trinajstić information content (AvgIpc) is 2.86. The fourth-order valence-corrected chi connectivity index (χ4v) is 4.05. The summed E-state index contributed by atoms with van der Waals surface area (Å²) in [6.45, 7) is 5.04. The molecule has 6 nitrogen and oxygen atoms in total. The van der Waals surface area contributed by atoms with Crippen LogP contribution >= 0.6 is 0 Å². The number of carbonyl (C=O) groups excluding carboxylic acids is 1. The molecule has 0 aliphatic carbocycles. The molecular formula is C26H32F2N2O4. The van der Waals surface area contributed by atoms with Crippen molar-refractivity contribution in [3.05, 3.63) is 59.7 Å². The minimum absolute atomic E-state index is 0.282. The van der Waals surface area contributed by atoms with Crippen LogP contribution in [0.5, 0.6) is 0 Å². The van der Waals surface area contributed by atoms with E-state index in [0.717, 1.165) is 24.5 Å². The smallest absolute Gasteiger partial charge is 0.338 e. The number of carbonyl (C=O) groups is 2. The number of aromatic carboxylic acids is 1. The summed E-state index contributed by atoms with van der Waals surface area (Å²) in [4.78, 5) is 26.4. The number of piperidine rings is 2. The van der Waals surface area contributed by atoms with Gasteiger partial charge < -0.3 is 19.6 Å². The van der Waals surface area contributed by atoms with Crippen LogP contribution in [0.15, 0.2) is 48.5 Å². The number of carboxylic acids is 1. The van der Waals surface area contributed by atoms with Gasteiger partial charge in [0.15, 0.2) is 0 Å². The van der Waals surface area contributed by atoms with E-state index in [1.54, 1.807) is 43.3 Å². The molecule has 184 valence electrons. The Balaban J connectivity index is 0.000000192. The van der Waals surface area contributed by atoms with Crippen molar-refractivity contribution >= 4 is 23.3 Å². The fourth-order valence-electron chi connectivity index (χ4n) is 4.05. The minimum atomic E-state index is -0.922. The second-order valence-corrected chi connectivity index (χ2v) is 8.44. The highest BCUT2D eigenvalue weighted by atomic mass is 19.1. The normalized spacial score (nSPS) is 17.0. The van der Waals surface area contributed by atoms with Crippen LogP contribution in [-0.2, 0) is 4.74 Å². The Morgan fingerprint density at radius 3 is 1.53 bits per heavy atom. The summed E-state index contributed by atoms with van der Waals surface area (Å²) in [7, 11) is 0. The predicted molar refractivity (Wildman–Crippen MR) is 128 cm³/mol. The summed E-state index contributed by atoms with van der Waals surface area (Å²) < 4.78 is 30.9. The largest absolute Gasteiger partial charge is 0.478 e. The van der Waals surface area contributed by atoms with Crippen LogP contribution in [0.4, 0.5) is 20.2 Å². The molecule has 2 heterocycles. The van der Waals surface area contributed by atoms with Gasteiger partial charge in [-0.25, -0.2) is 18.4 Å². The molecule has 0 unspecified atom stereocenters. The van der Waals surface area contributed by atoms with E-state index in [1.807, 2.05) is 12.1 Å². The van der Waals surface area contributed by atoms with Crippen molar-refractivity contribution in [3.63, 3.8) is 0 Å². The molecule has 0 spiro atoms. The van der Waals surface area contributed by atoms with Crippen LogP contribution in [0, 0.1) is 0 Å². The molecule has 0 aromatic heterocycles. The summed E-state index contributed by atoms with van der Waals surface area (Å²) in [5.41, 5.74) is 2.84. The van der Waals surface area contributed by atoms with Gasteiger partial charge in [-0.15, -0.1) is 0 Å². The van der Waals surface area contributed by atoms with Gasteiger partial charge in [-0.2, -0.15) is 0 Å². The number of alkyl halides is 2. The third kappa shape index (κ3) is 7.17. The van der Waals surface area contributed by atoms with E-state index in [2.05, 4.69) is 9.80 Å². The van der Waals surface area contributed by atoms with E-state index >= 15 is 0 Å². The third-order valence-corrected chi connectivity index (χ3v) is 6.07. The number of anilines is 2. The van der Waals surface area contributed by atoms with Crippen molar-refractivity contribution in [1.82, 2.24) is 0 Å². The molecule has 2 fully saturated rings. The maximum atomic E-state index is 13.0. The van der Waals surface area contributed by atoms with E-state index in [-0.39, 0.29) is 11.5 Å². The monoisotopic (exact) mass is 474 g/mol. The van der Waals surface area contributed by atoms with E-state index in [0.29, 0.717) is 50.9 Å². The van der Waals surface area contributed by atoms with Crippen molar-refractivity contribution < 1.29 is 28.2 Å². The Morgan fingerprint density at radius 1 is 0.794 bits per heavy atom. The molecule has 2 aliphatic heterocycles. The maximum Gasteiger partial charge on any atom is 0.338 e. The Bertz CT molecular complexity index is 921. The first-order chi connectivity index (χ1) is 16.4. The number of carboxylic acid groups (broad SMARTS) is 1. The summed E-state index contributed by atoms with van der Waals surface area (Å²) >= 11 is 0. The van der Waals surface area contributed by atoms with Gasteiger partial charge in [-0.05, 0) is 81.1 Å². The number of ether oxygens (including phenoxy) is 1. The molecule has 2 aromatic carbocycles. The molecule has 0 saturated carbocycles. The molecule has 8 heteroatoms. The summed E-state index contributed by atoms with van der Waals surface area (Å²) in [6.07, 6.45) is 0.926. The van der Waals surface area contributed by atoms with Crippen LogP contribution in [-0.4, -0.2) is 62.2 Å². The van der Waals surface area contributed by atoms with Crippen molar-refractivity contribution in [2.24, 2.45) is 0 Å². The molecule has 0 radical (unpaired) electrons. The lowest BCUT2D eigenvalue weighted by atomic mass is 10.1. The van der Waals surface area contributed by atoms with Crippen LogP contribution < -0.4 is 9.80 Å². The van der Waals surface area contributed by atoms with Gasteiger partial charge >= 0.3 is 11.9 Å². The minimum Gasteiger partial charge on any atom is -0.478 e. The predicted octanol–water partition coefficient (Wildman–Crippen LogP) is 5.12. The summed E-state index contributed by atoms with van der Waals surface area (Å²) in [5, 5.41) is 8.76. The Labute approximate surface area is 199 Å². The number of rotatable bonds is 5. The summed E-state index contributed by atoms with van der Waals surface area (Å²) in [5.74, 6) is -1.22. The maximum absolute atomic E-state index is 13.0. The van der Waals surface area contributed by atoms with Gasteiger partial charge in [-0.3, -0.25) is 0 Å². The van der Waals surface area contributed by atoms with Gasteiger partial charge in [0.05, 0.1) is 17.7 Å². The Hall–Kier alpha value is -3.16. The number of hydrogen-bond donors (Lipinski definition) is 1. The van der Waals surface area contributed by atoms with E-state index in [4.69, 9.17) is 9.84 Å². The van der Waals surface area contributed by atoms with Gasteiger partial charge in [0, 0.05) is 37.6 Å². The molecule has 0 bridgehead atoms. The number of esters is 1. The van der Waals surface area contributed by atoms with Crippen LogP contribution in [0.25, 0.3) is 0 Å². The van der Waals surface area contributed by atoms with E-state index in [1.165, 1.54) is 0 Å². The average molecular weight is 475 g/mol. The second kappa shape index (κ2) is 12.3. The molecule has 2 aromatic rings. The van der Waals surface area contributed by atoms with Gasteiger partial charge in [-0.1, -0.05) is 0 Å². The molecule has 0 amide bonds. The highest BCUT2D eigenvalue weighted by Crippen LogP contribution is 2.23. The zero-order valence-corrected chi connectivity index (χ0v) is 19.5. The van der Waals surface area contributed by atoms with Gasteiger partial charge in [0.2, 0.25) is 0 Å². The molecule has 34 heavy (non-hydrogen) atoms. The third-order valence-electron chi connectivity index (χ3n) is 6.07. The standard InChI is InChI=1S/C14H18FNO2.C12H14FNO2/c1-2-18-14(17)11-3-5-13(6-4-11)16-9-7-12(15)8-10-16;13-10-5-7-14(8-6-10)11-3-1-9(2-4-11)12(15)16/h3-6,12H,2,7-10H2,1H3;1-4,10H,5-8H2,(H,15,16). The summed E-state index contributed by atoms with van der Waals surface area (Å²) in [6, 6.07) is 14.0. The first-order valence-electron chi connectivity index (χ1n) is 11.8. The topological polar surface area (TPSA) is 70.1 Å². The lowest BCUT2D eigenvalue weighted by Gasteiger charge is -2.30. The van der Waals surface area contributed by atoms with E-state index < -0.39 is 18.3 Å². The zero-order chi connectivity index (χ0) is 24.5. The first-order valence-corrected chi connectivity index (χ1v) is 11.8. The lowest BCUT2D eigenvalue weighted by Crippen LogP contribution is -2.34. The van der Waals surface area contributed by atoms with Crippen molar-refractivity contribution in [1.29, 1.82) is 0 Å². The molecule has 2 saturated heterocycles. The van der Waals surface area contributed by atoms with Crippen LogP contribution in [0.1, 0.15) is 53.3 Å². The molecular weight excluding hydrogens is 442 g/mol. The number of benzene rings is 2. The van der Waals surface area contributed by atoms with Crippen molar-refractivity contribution in [3.8, 4) is 0 Å². The number of halogens is 2. The Morgan fingerprint density at radius 2 is 1.18 bits per heavy atom. The highest BCUT2D eigenvalue weighted by molar-refractivity contribution is 5.90. The van der Waals surface area contributed by atoms with Gasteiger partial charge in [0.25, 0.3) is 0 Å².